The predicted molar refractivity (Wildman–Crippen MR) is 415 cm³/mol. The molecule has 0 saturated carbocycles. The SMILES string of the molecule is N#Cc1ccc(-n2c3ccccc3c3ccccc32)c(-c2ccc3c(c2)N(c2ccccc2-c2ccccc2)c2cc(-n4c5ccccc5c5ccccc54)cc4c2B3c2ccc(-c3cc(-n5c6ccccc6c6ccccc65)ccc3C#N)cc2N4c2ccccc2-c2ccccc2)c1. The Hall–Kier alpha value is -13.7. The van der Waals surface area contributed by atoms with Gasteiger partial charge in [-0.25, -0.2) is 0 Å². The van der Waals surface area contributed by atoms with Crippen molar-refractivity contribution in [1.29, 1.82) is 10.5 Å². The van der Waals surface area contributed by atoms with E-state index in [4.69, 9.17) is 0 Å². The van der Waals surface area contributed by atoms with Gasteiger partial charge in [-0.2, -0.15) is 10.5 Å². The van der Waals surface area contributed by atoms with Crippen LogP contribution in [0.25, 0.3) is 127 Å². The Morgan fingerprint density at radius 2 is 0.640 bits per heavy atom. The van der Waals surface area contributed by atoms with Gasteiger partial charge in [-0.3, -0.25) is 0 Å². The molecule has 0 fully saturated rings. The van der Waals surface area contributed by atoms with E-state index in [1.165, 1.54) is 21.5 Å². The largest absolute Gasteiger partial charge is 0.311 e. The highest BCUT2D eigenvalue weighted by atomic mass is 15.2. The fraction of sp³-hybridized carbons (Fsp3) is 0. The molecule has 0 unspecified atom stereocenters. The molecular formula is C92H56BN7. The number of benzene rings is 15. The van der Waals surface area contributed by atoms with E-state index in [1.54, 1.807) is 0 Å². The number of nitriles is 2. The third kappa shape index (κ3) is 8.51. The lowest BCUT2D eigenvalue weighted by Gasteiger charge is -2.45. The summed E-state index contributed by atoms with van der Waals surface area (Å²) in [4.78, 5) is 5.07. The van der Waals surface area contributed by atoms with E-state index in [1.807, 2.05) is 12.1 Å². The number of aromatic nitrogens is 3. The van der Waals surface area contributed by atoms with Gasteiger partial charge in [0.1, 0.15) is 0 Å². The fourth-order valence-corrected chi connectivity index (χ4v) is 16.6. The predicted octanol–water partition coefficient (Wildman–Crippen LogP) is 21.5. The van der Waals surface area contributed by atoms with Crippen LogP contribution in [-0.4, -0.2) is 20.4 Å². The molecule has 5 heterocycles. The van der Waals surface area contributed by atoms with Gasteiger partial charge >= 0.3 is 0 Å². The Morgan fingerprint density at radius 3 is 1.09 bits per heavy atom. The molecule has 100 heavy (non-hydrogen) atoms. The second-order valence-electron chi connectivity index (χ2n) is 26.1. The average molecular weight is 1270 g/mol. The number of hydrogen-bond acceptors (Lipinski definition) is 4. The molecule has 462 valence electrons. The third-order valence-electron chi connectivity index (χ3n) is 20.9. The number of nitrogens with zero attached hydrogens (tertiary/aromatic N) is 7. The van der Waals surface area contributed by atoms with Gasteiger partial charge in [0.05, 0.1) is 79.1 Å². The minimum absolute atomic E-state index is 0.327. The standard InChI is InChI=1S/C92H56BN7/c94-57-59-43-50-87(98-85-41-21-13-33-73(85)74-34-14-22-42-86(74)98)76(51-59)63-46-49-78-89(53-63)100(80-36-16-8-28-68(80)61-25-5-2-6-26-61)91-56-66(97-83-39-19-11-31-71(83)72-32-12-20-40-84(72)97)55-90-92(91)93(78)77-48-45-62(52-88(77)99(90)79-35-15-7-27-67(79)60-23-3-1-4-24-60)75-54-65(47-44-64(75)58-95)96-81-37-17-9-29-69(81)70-30-10-18-38-82(70)96/h1-56H. The van der Waals surface area contributed by atoms with Crippen molar-refractivity contribution >= 4 is 123 Å². The molecule has 15 aromatic carbocycles. The zero-order valence-electron chi connectivity index (χ0n) is 54.0. The number of fused-ring (bicyclic) bond motifs is 13. The summed E-state index contributed by atoms with van der Waals surface area (Å²) in [6.07, 6.45) is 0. The van der Waals surface area contributed by atoms with E-state index in [0.717, 1.165) is 156 Å². The lowest BCUT2D eigenvalue weighted by atomic mass is 9.33. The Balaban J connectivity index is 0.914. The van der Waals surface area contributed by atoms with Crippen LogP contribution >= 0.6 is 0 Å². The minimum Gasteiger partial charge on any atom is -0.311 e. The molecular weight excluding hydrogens is 1210 g/mol. The van der Waals surface area contributed by atoms with Crippen LogP contribution < -0.4 is 26.2 Å². The number of hydrogen-bond donors (Lipinski definition) is 0. The second kappa shape index (κ2) is 22.5. The summed E-state index contributed by atoms with van der Waals surface area (Å²) in [5.41, 5.74) is 28.1. The molecule has 2 aliphatic heterocycles. The van der Waals surface area contributed by atoms with Gasteiger partial charge in [0.2, 0.25) is 0 Å². The summed E-state index contributed by atoms with van der Waals surface area (Å²) in [6.45, 7) is -0.327. The molecule has 0 spiro atoms. The van der Waals surface area contributed by atoms with Crippen LogP contribution in [0, 0.1) is 22.7 Å². The first-order chi connectivity index (χ1) is 49.6. The average Bonchev–Trinajstić information content (AvgIpc) is 0.848. The lowest BCUT2D eigenvalue weighted by molar-refractivity contribution is 1.16. The Bertz CT molecular complexity index is 6380. The highest BCUT2D eigenvalue weighted by molar-refractivity contribution is 7.00. The lowest BCUT2D eigenvalue weighted by Crippen LogP contribution is -2.61. The first-order valence-electron chi connectivity index (χ1n) is 34.0. The van der Waals surface area contributed by atoms with Crippen molar-refractivity contribution in [2.24, 2.45) is 0 Å². The summed E-state index contributed by atoms with van der Waals surface area (Å²) >= 11 is 0. The van der Waals surface area contributed by atoms with E-state index in [9.17, 15) is 10.5 Å². The molecule has 0 radical (unpaired) electrons. The summed E-state index contributed by atoms with van der Waals surface area (Å²) in [6, 6.07) is 128. The van der Waals surface area contributed by atoms with E-state index in [2.05, 4.69) is 363 Å². The van der Waals surface area contributed by atoms with Crippen molar-refractivity contribution in [3.8, 4) is 73.7 Å². The summed E-state index contributed by atoms with van der Waals surface area (Å²) in [5.74, 6) is 0. The molecule has 20 rings (SSSR count). The smallest absolute Gasteiger partial charge is 0.252 e. The van der Waals surface area contributed by atoms with Crippen LogP contribution in [-0.2, 0) is 0 Å². The van der Waals surface area contributed by atoms with Crippen molar-refractivity contribution < 1.29 is 0 Å². The maximum Gasteiger partial charge on any atom is 0.252 e. The van der Waals surface area contributed by atoms with Crippen molar-refractivity contribution in [2.45, 2.75) is 0 Å². The van der Waals surface area contributed by atoms with Crippen LogP contribution in [0.5, 0.6) is 0 Å². The molecule has 0 amide bonds. The van der Waals surface area contributed by atoms with Crippen LogP contribution in [0.15, 0.2) is 340 Å². The summed E-state index contributed by atoms with van der Waals surface area (Å²) in [7, 11) is 0. The number of rotatable bonds is 9. The van der Waals surface area contributed by atoms with Crippen LogP contribution in [0.4, 0.5) is 34.1 Å². The summed E-state index contributed by atoms with van der Waals surface area (Å²) in [5, 5.41) is 29.2. The molecule has 0 bridgehead atoms. The zero-order valence-corrected chi connectivity index (χ0v) is 54.0. The molecule has 18 aromatic rings. The van der Waals surface area contributed by atoms with Gasteiger partial charge in [-0.05, 0) is 148 Å². The van der Waals surface area contributed by atoms with Crippen LogP contribution in [0.2, 0.25) is 0 Å². The first-order valence-corrected chi connectivity index (χ1v) is 34.0. The molecule has 3 aromatic heterocycles. The van der Waals surface area contributed by atoms with Crippen LogP contribution in [0.3, 0.4) is 0 Å². The van der Waals surface area contributed by atoms with E-state index in [-0.39, 0.29) is 6.71 Å². The fourth-order valence-electron chi connectivity index (χ4n) is 16.6. The quantitative estimate of drug-likeness (QED) is 0.135. The van der Waals surface area contributed by atoms with Crippen molar-refractivity contribution in [2.75, 3.05) is 9.80 Å². The third-order valence-corrected chi connectivity index (χ3v) is 20.9. The molecule has 0 N–H and O–H groups in total. The summed E-state index contributed by atoms with van der Waals surface area (Å²) < 4.78 is 7.17. The maximum atomic E-state index is 11.3. The van der Waals surface area contributed by atoms with Crippen molar-refractivity contribution in [1.82, 2.24) is 13.7 Å². The number of anilines is 6. The molecule has 0 aliphatic carbocycles. The first kappa shape index (κ1) is 56.7. The molecule has 0 saturated heterocycles. The highest BCUT2D eigenvalue weighted by Crippen LogP contribution is 2.52. The van der Waals surface area contributed by atoms with Crippen molar-refractivity contribution in [3.05, 3.63) is 351 Å². The van der Waals surface area contributed by atoms with Crippen LogP contribution in [0.1, 0.15) is 11.1 Å². The topological polar surface area (TPSA) is 68.8 Å². The van der Waals surface area contributed by atoms with E-state index < -0.39 is 0 Å². The molecule has 0 atom stereocenters. The normalized spacial score (nSPS) is 12.3. The molecule has 7 nitrogen and oxygen atoms in total. The van der Waals surface area contributed by atoms with E-state index in [0.29, 0.717) is 11.1 Å². The Morgan fingerprint density at radius 1 is 0.240 bits per heavy atom. The van der Waals surface area contributed by atoms with Gasteiger partial charge in [0.25, 0.3) is 6.71 Å². The van der Waals surface area contributed by atoms with E-state index >= 15 is 0 Å². The van der Waals surface area contributed by atoms with Crippen molar-refractivity contribution in [3.63, 3.8) is 0 Å². The van der Waals surface area contributed by atoms with Gasteiger partial charge < -0.3 is 23.5 Å². The monoisotopic (exact) mass is 1270 g/mol. The highest BCUT2D eigenvalue weighted by Gasteiger charge is 2.45. The Kier molecular flexibility index (Phi) is 12.7. The molecule has 8 heteroatoms. The number of para-hydroxylation sites is 8. The second-order valence-corrected chi connectivity index (χ2v) is 26.1. The maximum absolute atomic E-state index is 11.3. The minimum atomic E-state index is -0.327. The van der Waals surface area contributed by atoms with Gasteiger partial charge in [0, 0.05) is 83.0 Å². The molecule has 2 aliphatic rings. The van der Waals surface area contributed by atoms with Gasteiger partial charge in [0.15, 0.2) is 0 Å². The zero-order chi connectivity index (χ0) is 66.1. The Labute approximate surface area is 577 Å². The van der Waals surface area contributed by atoms with Gasteiger partial charge in [-0.1, -0.05) is 231 Å². The van der Waals surface area contributed by atoms with Gasteiger partial charge in [-0.15, -0.1) is 0 Å².